The first-order valence-corrected chi connectivity index (χ1v) is 5.61. The van der Waals surface area contributed by atoms with Gasteiger partial charge in [-0.15, -0.1) is 0 Å². The van der Waals surface area contributed by atoms with E-state index in [0.717, 1.165) is 5.57 Å². The highest BCUT2D eigenvalue weighted by molar-refractivity contribution is 5.16. The number of methoxy groups -OCH3 is 2. The van der Waals surface area contributed by atoms with E-state index in [2.05, 4.69) is 12.7 Å². The molecule has 4 atom stereocenters. The summed E-state index contributed by atoms with van der Waals surface area (Å²) in [5, 5.41) is 10.3. The van der Waals surface area contributed by atoms with Crippen LogP contribution in [0.4, 0.5) is 0 Å². The first-order valence-electron chi connectivity index (χ1n) is 5.61. The summed E-state index contributed by atoms with van der Waals surface area (Å²) in [5.74, 6) is 0.334. The number of aliphatic hydroxyl groups excluding tert-OH is 1. The Bertz CT molecular complexity index is 260. The van der Waals surface area contributed by atoms with Crippen LogP contribution in [0.3, 0.4) is 0 Å². The molecule has 0 fully saturated rings. The van der Waals surface area contributed by atoms with Crippen molar-refractivity contribution in [2.45, 2.75) is 13.0 Å². The predicted molar refractivity (Wildman–Crippen MR) is 64.2 cm³/mol. The van der Waals surface area contributed by atoms with Gasteiger partial charge in [0.05, 0.1) is 19.3 Å². The third kappa shape index (κ3) is 2.94. The van der Waals surface area contributed by atoms with E-state index in [1.807, 2.05) is 13.0 Å². The molecule has 1 aliphatic carbocycles. The molecule has 0 radical (unpaired) electrons. The number of aliphatic hydroxyl groups is 1. The van der Waals surface area contributed by atoms with Crippen molar-refractivity contribution in [3.05, 3.63) is 24.3 Å². The zero-order valence-electron chi connectivity index (χ0n) is 10.3. The molecule has 0 saturated heterocycles. The Balaban J connectivity index is 2.81. The van der Waals surface area contributed by atoms with E-state index in [4.69, 9.17) is 9.47 Å². The monoisotopic (exact) mass is 226 g/mol. The van der Waals surface area contributed by atoms with E-state index in [1.54, 1.807) is 14.2 Å². The summed E-state index contributed by atoms with van der Waals surface area (Å²) < 4.78 is 10.3. The van der Waals surface area contributed by atoms with Crippen LogP contribution in [0.25, 0.3) is 0 Å². The minimum absolute atomic E-state index is 0.0354. The highest BCUT2D eigenvalue weighted by atomic mass is 16.5. The Morgan fingerprint density at radius 3 is 2.38 bits per heavy atom. The minimum atomic E-state index is -0.428. The van der Waals surface area contributed by atoms with E-state index in [0.29, 0.717) is 13.2 Å². The van der Waals surface area contributed by atoms with E-state index >= 15 is 0 Å². The van der Waals surface area contributed by atoms with Crippen LogP contribution in [0.1, 0.15) is 6.92 Å². The lowest BCUT2D eigenvalue weighted by molar-refractivity contribution is -0.0131. The fraction of sp³-hybridized carbons (Fsp3) is 0.692. The van der Waals surface area contributed by atoms with Gasteiger partial charge >= 0.3 is 0 Å². The van der Waals surface area contributed by atoms with Gasteiger partial charge in [-0.1, -0.05) is 24.3 Å². The first-order chi connectivity index (χ1) is 7.61. The third-order valence-electron chi connectivity index (χ3n) is 3.21. The van der Waals surface area contributed by atoms with Crippen LogP contribution >= 0.6 is 0 Å². The van der Waals surface area contributed by atoms with E-state index in [-0.39, 0.29) is 17.8 Å². The summed E-state index contributed by atoms with van der Waals surface area (Å²) >= 11 is 0. The van der Waals surface area contributed by atoms with Gasteiger partial charge in [0.2, 0.25) is 0 Å². The topological polar surface area (TPSA) is 38.7 Å². The van der Waals surface area contributed by atoms with Gasteiger partial charge in [-0.25, -0.2) is 0 Å². The Kier molecular flexibility index (Phi) is 5.19. The van der Waals surface area contributed by atoms with Gasteiger partial charge in [-0.05, 0) is 6.92 Å². The Hall–Kier alpha value is -0.640. The van der Waals surface area contributed by atoms with Crippen molar-refractivity contribution in [2.75, 3.05) is 27.4 Å². The van der Waals surface area contributed by atoms with Gasteiger partial charge in [0.25, 0.3) is 0 Å². The molecule has 3 heteroatoms. The van der Waals surface area contributed by atoms with Crippen molar-refractivity contribution in [2.24, 2.45) is 17.8 Å². The lowest BCUT2D eigenvalue weighted by Gasteiger charge is -2.36. The summed E-state index contributed by atoms with van der Waals surface area (Å²) in [7, 11) is 3.33. The van der Waals surface area contributed by atoms with Crippen molar-refractivity contribution >= 4 is 0 Å². The Morgan fingerprint density at radius 2 is 1.88 bits per heavy atom. The molecule has 1 rings (SSSR count). The zero-order chi connectivity index (χ0) is 12.1. The zero-order valence-corrected chi connectivity index (χ0v) is 10.3. The summed E-state index contributed by atoms with van der Waals surface area (Å²) in [6, 6.07) is 0. The molecule has 0 aliphatic heterocycles. The van der Waals surface area contributed by atoms with E-state index in [9.17, 15) is 5.11 Å². The average Bonchev–Trinajstić information content (AvgIpc) is 2.23. The van der Waals surface area contributed by atoms with Crippen LogP contribution in [-0.2, 0) is 9.47 Å². The molecular weight excluding hydrogens is 204 g/mol. The van der Waals surface area contributed by atoms with Gasteiger partial charge in [0.1, 0.15) is 0 Å². The molecule has 0 heterocycles. The third-order valence-corrected chi connectivity index (χ3v) is 3.21. The molecular formula is C13H22O3. The van der Waals surface area contributed by atoms with Gasteiger partial charge < -0.3 is 14.6 Å². The predicted octanol–water partition coefficient (Wildman–Crippen LogP) is 1.63. The van der Waals surface area contributed by atoms with Crippen LogP contribution in [0.2, 0.25) is 0 Å². The molecule has 1 N–H and O–H groups in total. The maximum absolute atomic E-state index is 10.3. The Labute approximate surface area is 97.8 Å². The van der Waals surface area contributed by atoms with Gasteiger partial charge in [-0.3, -0.25) is 0 Å². The average molecular weight is 226 g/mol. The molecule has 0 aromatic heterocycles. The van der Waals surface area contributed by atoms with Crippen molar-refractivity contribution in [1.82, 2.24) is 0 Å². The number of hydrogen-bond donors (Lipinski definition) is 1. The van der Waals surface area contributed by atoms with Crippen molar-refractivity contribution in [1.29, 1.82) is 0 Å². The van der Waals surface area contributed by atoms with Gasteiger partial charge in [0, 0.05) is 32.0 Å². The van der Waals surface area contributed by atoms with Crippen molar-refractivity contribution in [3.8, 4) is 0 Å². The highest BCUT2D eigenvalue weighted by Crippen LogP contribution is 2.32. The lowest BCUT2D eigenvalue weighted by Crippen LogP contribution is -2.40. The maximum Gasteiger partial charge on any atom is 0.0696 e. The van der Waals surface area contributed by atoms with Crippen LogP contribution in [-0.4, -0.2) is 38.6 Å². The molecule has 92 valence electrons. The second-order valence-electron chi connectivity index (χ2n) is 4.49. The first kappa shape index (κ1) is 13.4. The summed E-state index contributed by atoms with van der Waals surface area (Å²) in [6.07, 6.45) is 3.71. The normalized spacial score (nSPS) is 34.0. The Morgan fingerprint density at radius 1 is 1.25 bits per heavy atom. The van der Waals surface area contributed by atoms with Crippen LogP contribution in [0, 0.1) is 17.8 Å². The molecule has 0 saturated carbocycles. The second kappa shape index (κ2) is 6.18. The van der Waals surface area contributed by atoms with E-state index in [1.165, 1.54) is 0 Å². The smallest absolute Gasteiger partial charge is 0.0696 e. The number of ether oxygens (including phenoxy) is 2. The SMILES string of the molecule is C=C(C)[C@@H]1C=C[C@H](COC)[C@H](COC)[C@@H]1O. The summed E-state index contributed by atoms with van der Waals surface area (Å²) in [5.41, 5.74) is 0.987. The van der Waals surface area contributed by atoms with Crippen molar-refractivity contribution < 1.29 is 14.6 Å². The van der Waals surface area contributed by atoms with Crippen LogP contribution < -0.4 is 0 Å². The van der Waals surface area contributed by atoms with Crippen molar-refractivity contribution in [3.63, 3.8) is 0 Å². The molecule has 0 aromatic rings. The molecule has 0 amide bonds. The quantitative estimate of drug-likeness (QED) is 0.724. The number of hydrogen-bond acceptors (Lipinski definition) is 3. The minimum Gasteiger partial charge on any atom is -0.392 e. The van der Waals surface area contributed by atoms with Crippen LogP contribution in [0.5, 0.6) is 0 Å². The fourth-order valence-corrected chi connectivity index (χ4v) is 2.28. The highest BCUT2D eigenvalue weighted by Gasteiger charge is 2.35. The molecule has 16 heavy (non-hydrogen) atoms. The van der Waals surface area contributed by atoms with Crippen LogP contribution in [0.15, 0.2) is 24.3 Å². The van der Waals surface area contributed by atoms with Gasteiger partial charge in [-0.2, -0.15) is 0 Å². The molecule has 3 nitrogen and oxygen atoms in total. The summed E-state index contributed by atoms with van der Waals surface area (Å²) in [4.78, 5) is 0. The molecule has 1 aliphatic rings. The largest absolute Gasteiger partial charge is 0.392 e. The maximum atomic E-state index is 10.3. The van der Waals surface area contributed by atoms with Gasteiger partial charge in [0.15, 0.2) is 0 Å². The number of rotatable bonds is 5. The molecule has 0 aromatic carbocycles. The standard InChI is InChI=1S/C13H22O3/c1-9(2)11-6-5-10(7-15-3)12(8-16-4)13(11)14/h5-6,10-14H,1,7-8H2,2-4H3/t10-,11+,12+,13-/m1/s1. The molecule has 0 spiro atoms. The summed E-state index contributed by atoms with van der Waals surface area (Å²) in [6.45, 7) is 7.02. The molecule has 0 bridgehead atoms. The second-order valence-corrected chi connectivity index (χ2v) is 4.49. The lowest BCUT2D eigenvalue weighted by atomic mass is 9.75. The fourth-order valence-electron chi connectivity index (χ4n) is 2.28. The van der Waals surface area contributed by atoms with E-state index < -0.39 is 6.10 Å². The molecule has 0 unspecified atom stereocenters.